The van der Waals surface area contributed by atoms with Crippen LogP contribution in [0.2, 0.25) is 0 Å². The summed E-state index contributed by atoms with van der Waals surface area (Å²) >= 11 is 0. The maximum atomic E-state index is 13.4. The molecular weight excluding hydrogens is 358 g/mol. The van der Waals surface area contributed by atoms with Gasteiger partial charge in [-0.15, -0.1) is 0 Å². The first-order chi connectivity index (χ1) is 13.0. The van der Waals surface area contributed by atoms with Gasteiger partial charge in [-0.1, -0.05) is 0 Å². The van der Waals surface area contributed by atoms with Crippen LogP contribution in [0.3, 0.4) is 0 Å². The third-order valence-corrected chi connectivity index (χ3v) is 4.25. The molecule has 3 aromatic heterocycles. The number of amides is 1. The number of alkyl halides is 2. The van der Waals surface area contributed by atoms with E-state index in [9.17, 15) is 13.6 Å². The summed E-state index contributed by atoms with van der Waals surface area (Å²) in [5.41, 5.74) is 1.08. The van der Waals surface area contributed by atoms with Crippen LogP contribution >= 0.6 is 0 Å². The van der Waals surface area contributed by atoms with Crippen molar-refractivity contribution in [3.8, 4) is 0 Å². The monoisotopic (exact) mass is 376 g/mol. The number of carbonyl (C=O) groups excluding carboxylic acids is 1. The Labute approximate surface area is 153 Å². The lowest BCUT2D eigenvalue weighted by molar-refractivity contribution is 0.0792. The van der Waals surface area contributed by atoms with Crippen LogP contribution in [-0.4, -0.2) is 36.9 Å². The summed E-state index contributed by atoms with van der Waals surface area (Å²) < 4.78 is 34.6. The Morgan fingerprint density at radius 1 is 1.41 bits per heavy atom. The molecule has 0 unspecified atom stereocenters. The zero-order valence-electron chi connectivity index (χ0n) is 14.6. The highest BCUT2D eigenvalue weighted by molar-refractivity contribution is 6.03. The number of hydrogen-bond acceptors (Lipinski definition) is 5. The highest BCUT2D eigenvalue weighted by Gasteiger charge is 2.28. The summed E-state index contributed by atoms with van der Waals surface area (Å²) in [6.07, 6.45) is 2.26. The lowest BCUT2D eigenvalue weighted by atomic mass is 10.2. The van der Waals surface area contributed by atoms with Gasteiger partial charge in [-0.2, -0.15) is 10.2 Å². The van der Waals surface area contributed by atoms with Crippen LogP contribution in [0.15, 0.2) is 24.5 Å². The fourth-order valence-corrected chi connectivity index (χ4v) is 2.75. The van der Waals surface area contributed by atoms with Crippen LogP contribution in [0, 0.1) is 0 Å². The molecule has 1 aliphatic carbocycles. The average Bonchev–Trinajstić information content (AvgIpc) is 3.25. The quantitative estimate of drug-likeness (QED) is 0.685. The number of fused-ring (bicyclic) bond motifs is 1. The number of ether oxygens (including phenoxy) is 1. The van der Waals surface area contributed by atoms with Gasteiger partial charge in [-0.25, -0.2) is 23.0 Å². The fourth-order valence-electron chi connectivity index (χ4n) is 2.75. The van der Waals surface area contributed by atoms with E-state index in [1.54, 1.807) is 6.20 Å². The molecule has 0 aromatic carbocycles. The number of nitrogens with zero attached hydrogens (tertiary/aromatic N) is 5. The molecule has 0 saturated heterocycles. The third kappa shape index (κ3) is 3.65. The van der Waals surface area contributed by atoms with E-state index in [4.69, 9.17) is 4.74 Å². The van der Waals surface area contributed by atoms with Gasteiger partial charge in [0.05, 0.1) is 18.1 Å². The summed E-state index contributed by atoms with van der Waals surface area (Å²) in [4.78, 5) is 16.8. The normalized spacial score (nSPS) is 14.2. The Bertz CT molecular complexity index is 979. The van der Waals surface area contributed by atoms with Gasteiger partial charge in [0.25, 0.3) is 12.3 Å². The Balaban J connectivity index is 1.58. The summed E-state index contributed by atoms with van der Waals surface area (Å²) in [6.45, 7) is 2.68. The predicted molar refractivity (Wildman–Crippen MR) is 91.7 cm³/mol. The van der Waals surface area contributed by atoms with Crippen molar-refractivity contribution >= 4 is 17.2 Å². The van der Waals surface area contributed by atoms with Crippen molar-refractivity contribution in [3.63, 3.8) is 0 Å². The largest absolute Gasteiger partial charge is 0.360 e. The molecule has 1 N–H and O–H groups in total. The minimum absolute atomic E-state index is 0.00917. The molecule has 0 radical (unpaired) electrons. The van der Waals surface area contributed by atoms with E-state index >= 15 is 0 Å². The van der Waals surface area contributed by atoms with E-state index in [1.165, 1.54) is 23.0 Å². The summed E-state index contributed by atoms with van der Waals surface area (Å²) in [6, 6.07) is 2.79. The molecule has 3 heterocycles. The summed E-state index contributed by atoms with van der Waals surface area (Å²) in [7, 11) is 0. The first-order valence-electron chi connectivity index (χ1n) is 8.65. The number of aromatic nitrogens is 5. The van der Waals surface area contributed by atoms with Crippen molar-refractivity contribution in [2.45, 2.75) is 38.8 Å². The molecule has 27 heavy (non-hydrogen) atoms. The molecule has 142 valence electrons. The number of hydrogen-bond donors (Lipinski definition) is 1. The maximum Gasteiger partial charge on any atom is 0.280 e. The number of halogens is 2. The molecule has 1 amide bonds. The molecule has 1 aliphatic rings. The number of nitrogens with one attached hydrogen (secondary N) is 1. The predicted octanol–water partition coefficient (Wildman–Crippen LogP) is 2.99. The van der Waals surface area contributed by atoms with E-state index < -0.39 is 12.3 Å². The van der Waals surface area contributed by atoms with Crippen molar-refractivity contribution in [2.75, 3.05) is 11.9 Å². The number of anilines is 1. The van der Waals surface area contributed by atoms with Crippen molar-refractivity contribution < 1.29 is 18.3 Å². The van der Waals surface area contributed by atoms with Gasteiger partial charge >= 0.3 is 0 Å². The van der Waals surface area contributed by atoms with Gasteiger partial charge in [0.1, 0.15) is 12.4 Å². The first kappa shape index (κ1) is 17.5. The average molecular weight is 376 g/mol. The van der Waals surface area contributed by atoms with Crippen LogP contribution in [0.5, 0.6) is 0 Å². The van der Waals surface area contributed by atoms with Gasteiger partial charge in [0.15, 0.2) is 11.3 Å². The fraction of sp³-hybridized carbons (Fsp3) is 0.412. The van der Waals surface area contributed by atoms with E-state index in [0.717, 1.165) is 17.4 Å². The molecule has 3 aromatic rings. The van der Waals surface area contributed by atoms with Crippen LogP contribution in [0.4, 0.5) is 14.5 Å². The molecule has 8 nitrogen and oxygen atoms in total. The van der Waals surface area contributed by atoms with E-state index in [2.05, 4.69) is 20.5 Å². The standard InChI is InChI=1S/C17H18F2N6O2/c1-2-27-9-24-8-11(7-20-24)21-17(26)13-6-15-22-12(10-3-4-10)5-14(16(18)19)25(15)23-13/h5-8,10,16H,2-4,9H2,1H3,(H,21,26). The van der Waals surface area contributed by atoms with Crippen molar-refractivity contribution in [1.82, 2.24) is 24.4 Å². The molecule has 0 atom stereocenters. The lowest BCUT2D eigenvalue weighted by Gasteiger charge is -2.06. The van der Waals surface area contributed by atoms with Crippen molar-refractivity contribution in [3.05, 3.63) is 41.6 Å². The second kappa shape index (κ2) is 7.03. The van der Waals surface area contributed by atoms with E-state index in [1.807, 2.05) is 6.92 Å². The minimum atomic E-state index is -2.71. The molecule has 10 heteroatoms. The third-order valence-electron chi connectivity index (χ3n) is 4.25. The van der Waals surface area contributed by atoms with Gasteiger partial charge in [-0.05, 0) is 25.8 Å². The molecule has 1 fully saturated rings. The Kier molecular flexibility index (Phi) is 4.56. The molecule has 0 aliphatic heterocycles. The molecule has 0 spiro atoms. The van der Waals surface area contributed by atoms with Crippen LogP contribution in [0.1, 0.15) is 54.0 Å². The maximum absolute atomic E-state index is 13.4. The van der Waals surface area contributed by atoms with E-state index in [-0.39, 0.29) is 29.7 Å². The van der Waals surface area contributed by atoms with Gasteiger partial charge < -0.3 is 10.1 Å². The highest BCUT2D eigenvalue weighted by Crippen LogP contribution is 2.40. The van der Waals surface area contributed by atoms with E-state index in [0.29, 0.717) is 18.0 Å². The Morgan fingerprint density at radius 3 is 2.93 bits per heavy atom. The molecule has 1 saturated carbocycles. The van der Waals surface area contributed by atoms with Gasteiger partial charge in [0.2, 0.25) is 0 Å². The number of rotatable bonds is 7. The topological polar surface area (TPSA) is 86.3 Å². The molecular formula is C17H18F2N6O2. The van der Waals surface area contributed by atoms with Crippen LogP contribution in [-0.2, 0) is 11.5 Å². The zero-order valence-corrected chi connectivity index (χ0v) is 14.6. The number of carbonyl (C=O) groups is 1. The van der Waals surface area contributed by atoms with Crippen molar-refractivity contribution in [2.24, 2.45) is 0 Å². The molecule has 4 rings (SSSR count). The van der Waals surface area contributed by atoms with Gasteiger partial charge in [-0.3, -0.25) is 4.79 Å². The van der Waals surface area contributed by atoms with Crippen LogP contribution in [0.25, 0.3) is 5.65 Å². The smallest absolute Gasteiger partial charge is 0.280 e. The van der Waals surface area contributed by atoms with Crippen molar-refractivity contribution in [1.29, 1.82) is 0 Å². The molecule has 0 bridgehead atoms. The minimum Gasteiger partial charge on any atom is -0.360 e. The summed E-state index contributed by atoms with van der Waals surface area (Å²) in [5.74, 6) is -0.305. The second-order valence-corrected chi connectivity index (χ2v) is 6.32. The highest BCUT2D eigenvalue weighted by atomic mass is 19.3. The summed E-state index contributed by atoms with van der Waals surface area (Å²) in [5, 5.41) is 10.7. The second-order valence-electron chi connectivity index (χ2n) is 6.32. The first-order valence-corrected chi connectivity index (χ1v) is 8.65. The Morgan fingerprint density at radius 2 is 2.22 bits per heavy atom. The van der Waals surface area contributed by atoms with Gasteiger partial charge in [0, 0.05) is 24.3 Å². The zero-order chi connectivity index (χ0) is 19.0. The lowest BCUT2D eigenvalue weighted by Crippen LogP contribution is -2.12. The SMILES string of the molecule is CCOCn1cc(NC(=O)c2cc3nc(C4CC4)cc(C(F)F)n3n2)cn1. The Hall–Kier alpha value is -2.88. The van der Waals surface area contributed by atoms with Crippen LogP contribution < -0.4 is 5.32 Å².